The maximum absolute atomic E-state index is 13.3. The number of hydrogen-bond acceptors (Lipinski definition) is 2. The Labute approximate surface area is 149 Å². The van der Waals surface area contributed by atoms with E-state index >= 15 is 0 Å². The first-order valence-corrected chi connectivity index (χ1v) is 8.44. The Bertz CT molecular complexity index is 866. The Kier molecular flexibility index (Phi) is 4.89. The van der Waals surface area contributed by atoms with Gasteiger partial charge in [0.05, 0.1) is 5.56 Å². The van der Waals surface area contributed by atoms with Gasteiger partial charge in [-0.05, 0) is 49.8 Å². The summed E-state index contributed by atoms with van der Waals surface area (Å²) in [5.41, 5.74) is 0.520. The highest BCUT2D eigenvalue weighted by atomic mass is 19.4. The van der Waals surface area contributed by atoms with Crippen LogP contribution >= 0.6 is 0 Å². The van der Waals surface area contributed by atoms with Gasteiger partial charge in [0, 0.05) is 12.2 Å². The molecule has 138 valence electrons. The number of aromatic carboxylic acids is 1. The molecule has 0 amide bonds. The fourth-order valence-corrected chi connectivity index (χ4v) is 3.32. The lowest BCUT2D eigenvalue weighted by atomic mass is 9.99. The summed E-state index contributed by atoms with van der Waals surface area (Å²) in [7, 11) is 0. The summed E-state index contributed by atoms with van der Waals surface area (Å²) in [6, 6.07) is 5.36. The van der Waals surface area contributed by atoms with Gasteiger partial charge in [0.2, 0.25) is 0 Å². The fraction of sp³-hybridized carbons (Fsp3) is 0.368. The number of hydrogen-bond donors (Lipinski definition) is 1. The van der Waals surface area contributed by atoms with Crippen LogP contribution in [-0.2, 0) is 12.7 Å². The van der Waals surface area contributed by atoms with Gasteiger partial charge in [-0.2, -0.15) is 13.2 Å². The van der Waals surface area contributed by atoms with E-state index in [4.69, 9.17) is 0 Å². The van der Waals surface area contributed by atoms with Crippen molar-refractivity contribution in [2.45, 2.75) is 45.3 Å². The van der Waals surface area contributed by atoms with Crippen LogP contribution < -0.4 is 0 Å². The molecule has 0 aliphatic heterocycles. The molecule has 0 unspecified atom stereocenters. The number of allylic oxidation sites excluding steroid dienone is 2. The average Bonchev–Trinajstić information content (AvgIpc) is 2.92. The van der Waals surface area contributed by atoms with Gasteiger partial charge < -0.3 is 9.67 Å². The van der Waals surface area contributed by atoms with E-state index in [1.807, 2.05) is 6.08 Å². The molecule has 0 spiro atoms. The van der Waals surface area contributed by atoms with Crippen molar-refractivity contribution < 1.29 is 23.1 Å². The van der Waals surface area contributed by atoms with E-state index in [9.17, 15) is 23.1 Å². The van der Waals surface area contributed by atoms with E-state index in [2.05, 4.69) is 4.98 Å². The van der Waals surface area contributed by atoms with Crippen molar-refractivity contribution >= 4 is 11.5 Å². The second-order valence-corrected chi connectivity index (χ2v) is 6.39. The molecule has 7 heteroatoms. The molecule has 0 saturated heterocycles. The lowest BCUT2D eigenvalue weighted by molar-refractivity contribution is -0.138. The summed E-state index contributed by atoms with van der Waals surface area (Å²) in [6.07, 6.45) is 1.15. The molecule has 3 rings (SSSR count). The third kappa shape index (κ3) is 3.52. The van der Waals surface area contributed by atoms with E-state index in [1.165, 1.54) is 12.1 Å². The number of carbonyl (C=O) groups is 1. The number of rotatable bonds is 4. The van der Waals surface area contributed by atoms with E-state index in [1.54, 1.807) is 17.6 Å². The zero-order valence-electron chi connectivity index (χ0n) is 14.3. The molecule has 1 heterocycles. The third-order valence-corrected chi connectivity index (χ3v) is 4.65. The number of imidazole rings is 1. The topological polar surface area (TPSA) is 55.1 Å². The largest absolute Gasteiger partial charge is 0.476 e. The van der Waals surface area contributed by atoms with Gasteiger partial charge in [-0.25, -0.2) is 9.78 Å². The van der Waals surface area contributed by atoms with Crippen molar-refractivity contribution in [1.29, 1.82) is 0 Å². The highest BCUT2D eigenvalue weighted by Crippen LogP contribution is 2.34. The lowest BCUT2D eigenvalue weighted by Crippen LogP contribution is -2.14. The van der Waals surface area contributed by atoms with Crippen LogP contribution in [0.15, 0.2) is 30.3 Å². The van der Waals surface area contributed by atoms with Gasteiger partial charge >= 0.3 is 12.1 Å². The Morgan fingerprint density at radius 2 is 2.00 bits per heavy atom. The number of carboxylic acids is 1. The van der Waals surface area contributed by atoms with E-state index in [0.29, 0.717) is 11.5 Å². The minimum atomic E-state index is -4.47. The van der Waals surface area contributed by atoms with Gasteiger partial charge in [0.25, 0.3) is 0 Å². The molecule has 26 heavy (non-hydrogen) atoms. The predicted molar refractivity (Wildman–Crippen MR) is 90.9 cm³/mol. The molecule has 0 fully saturated rings. The molecule has 1 aliphatic rings. The van der Waals surface area contributed by atoms with Crippen molar-refractivity contribution in [2.24, 2.45) is 0 Å². The first kappa shape index (κ1) is 18.2. The zero-order chi connectivity index (χ0) is 18.9. The van der Waals surface area contributed by atoms with Gasteiger partial charge in [0.1, 0.15) is 5.82 Å². The van der Waals surface area contributed by atoms with Crippen LogP contribution in [0.25, 0.3) is 5.57 Å². The molecule has 1 aromatic carbocycles. The highest BCUT2D eigenvalue weighted by molar-refractivity contribution is 5.87. The fourth-order valence-electron chi connectivity index (χ4n) is 3.32. The van der Waals surface area contributed by atoms with Crippen LogP contribution in [0.3, 0.4) is 0 Å². The molecule has 0 radical (unpaired) electrons. The number of alkyl halides is 3. The molecule has 2 aromatic rings. The number of aromatic nitrogens is 2. The molecular formula is C19H19F3N2O2. The second kappa shape index (κ2) is 6.97. The summed E-state index contributed by atoms with van der Waals surface area (Å²) in [4.78, 5) is 15.7. The van der Waals surface area contributed by atoms with E-state index in [-0.39, 0.29) is 17.8 Å². The summed E-state index contributed by atoms with van der Waals surface area (Å²) < 4.78 is 41.5. The van der Waals surface area contributed by atoms with Crippen LogP contribution in [0.2, 0.25) is 0 Å². The molecule has 1 N–H and O–H groups in total. The maximum Gasteiger partial charge on any atom is 0.416 e. The van der Waals surface area contributed by atoms with Gasteiger partial charge in [-0.15, -0.1) is 0 Å². The minimum Gasteiger partial charge on any atom is -0.476 e. The summed E-state index contributed by atoms with van der Waals surface area (Å²) >= 11 is 0. The number of benzene rings is 1. The first-order valence-electron chi connectivity index (χ1n) is 8.44. The summed E-state index contributed by atoms with van der Waals surface area (Å²) in [5.74, 6) is -0.723. The van der Waals surface area contributed by atoms with Crippen molar-refractivity contribution in [2.75, 3.05) is 0 Å². The normalized spacial score (nSPS) is 15.0. The second-order valence-electron chi connectivity index (χ2n) is 6.39. The smallest absolute Gasteiger partial charge is 0.416 e. The molecule has 1 aromatic heterocycles. The van der Waals surface area contributed by atoms with Gasteiger partial charge in [0.15, 0.2) is 5.69 Å². The standard InChI is InChI=1S/C19H19F3N2O2/c1-12-16(18(25)26)23-17(13-7-3-2-4-8-13)24(12)11-14-9-5-6-10-15(14)19(20,21)22/h5-7,9-10H,2-4,8,11H2,1H3,(H,25,26). The van der Waals surface area contributed by atoms with Crippen molar-refractivity contribution in [3.8, 4) is 0 Å². The molecular weight excluding hydrogens is 345 g/mol. The summed E-state index contributed by atoms with van der Waals surface area (Å²) in [6.45, 7) is 1.51. The number of nitrogens with zero attached hydrogens (tertiary/aromatic N) is 2. The predicted octanol–water partition coefficient (Wildman–Crippen LogP) is 4.91. The molecule has 0 bridgehead atoms. The number of carboxylic acid groups (broad SMARTS) is 1. The monoisotopic (exact) mass is 364 g/mol. The van der Waals surface area contributed by atoms with Crippen molar-refractivity contribution in [1.82, 2.24) is 9.55 Å². The van der Waals surface area contributed by atoms with Gasteiger partial charge in [-0.1, -0.05) is 24.3 Å². The van der Waals surface area contributed by atoms with E-state index in [0.717, 1.165) is 37.3 Å². The van der Waals surface area contributed by atoms with Crippen molar-refractivity contribution in [3.05, 3.63) is 58.7 Å². The first-order chi connectivity index (χ1) is 12.3. The quantitative estimate of drug-likeness (QED) is 0.838. The van der Waals surface area contributed by atoms with Crippen LogP contribution in [0, 0.1) is 6.92 Å². The lowest BCUT2D eigenvalue weighted by Gasteiger charge is -2.18. The third-order valence-electron chi connectivity index (χ3n) is 4.65. The Morgan fingerprint density at radius 1 is 1.27 bits per heavy atom. The van der Waals surface area contributed by atoms with Crippen LogP contribution in [0.1, 0.15) is 58.8 Å². The zero-order valence-corrected chi connectivity index (χ0v) is 14.3. The average molecular weight is 364 g/mol. The maximum atomic E-state index is 13.3. The SMILES string of the molecule is Cc1c(C(=O)O)nc(C2=CCCCC2)n1Cc1ccccc1C(F)(F)F. The minimum absolute atomic E-state index is 0.0749. The highest BCUT2D eigenvalue weighted by Gasteiger charge is 2.33. The Balaban J connectivity index is 2.11. The summed E-state index contributed by atoms with van der Waals surface area (Å²) in [5, 5.41) is 9.38. The molecule has 1 aliphatic carbocycles. The molecule has 0 saturated carbocycles. The van der Waals surface area contributed by atoms with Crippen LogP contribution in [0.5, 0.6) is 0 Å². The Morgan fingerprint density at radius 3 is 2.62 bits per heavy atom. The Hall–Kier alpha value is -2.57. The van der Waals surface area contributed by atoms with Gasteiger partial charge in [-0.3, -0.25) is 0 Å². The van der Waals surface area contributed by atoms with Crippen LogP contribution in [0.4, 0.5) is 13.2 Å². The molecule has 4 nitrogen and oxygen atoms in total. The number of halogens is 3. The molecule has 0 atom stereocenters. The van der Waals surface area contributed by atoms with Crippen molar-refractivity contribution in [3.63, 3.8) is 0 Å². The van der Waals surface area contributed by atoms with Crippen LogP contribution in [-0.4, -0.2) is 20.6 Å². The van der Waals surface area contributed by atoms with E-state index < -0.39 is 17.7 Å².